The summed E-state index contributed by atoms with van der Waals surface area (Å²) in [4.78, 5) is 11.3. The molecule has 0 atom stereocenters. The van der Waals surface area contributed by atoms with Gasteiger partial charge in [-0.1, -0.05) is 18.2 Å². The van der Waals surface area contributed by atoms with Crippen LogP contribution in [0.15, 0.2) is 30.3 Å². The fourth-order valence-corrected chi connectivity index (χ4v) is 1.84. The topological polar surface area (TPSA) is 29.1 Å². The predicted molar refractivity (Wildman–Crippen MR) is 70.5 cm³/mol. The number of carbonyl (C=O) groups is 1. The third kappa shape index (κ3) is 4.08. The van der Waals surface area contributed by atoms with E-state index < -0.39 is 48.1 Å². The van der Waals surface area contributed by atoms with E-state index in [0.717, 1.165) is 12.1 Å². The van der Waals surface area contributed by atoms with Gasteiger partial charge in [-0.05, 0) is 12.1 Å². The van der Waals surface area contributed by atoms with E-state index in [4.69, 9.17) is 0 Å². The van der Waals surface area contributed by atoms with Crippen LogP contribution in [0.4, 0.5) is 62.8 Å². The molecular weight excluding hydrogens is 445 g/mol. The van der Waals surface area contributed by atoms with Gasteiger partial charge in [0.2, 0.25) is 5.91 Å². The fraction of sp³-hybridized carbons (Fsp3) is 0.500. The molecule has 0 aliphatic rings. The monoisotopic (exact) mass is 453 g/mol. The average molecular weight is 453 g/mol. The molecule has 0 radical (unpaired) electrons. The first-order valence-electron chi connectivity index (χ1n) is 7.03. The molecule has 0 aromatic heterocycles. The second-order valence-corrected chi connectivity index (χ2v) is 5.59. The maximum atomic E-state index is 13.5. The third-order valence-corrected chi connectivity index (χ3v) is 3.44. The molecule has 0 saturated carbocycles. The van der Waals surface area contributed by atoms with Crippen molar-refractivity contribution in [3.05, 3.63) is 30.3 Å². The molecule has 29 heavy (non-hydrogen) atoms. The lowest BCUT2D eigenvalue weighted by molar-refractivity contribution is -0.439. The van der Waals surface area contributed by atoms with E-state index in [1.165, 1.54) is 23.5 Å². The smallest absolute Gasteiger partial charge is 0.326 e. The molecule has 1 amide bonds. The first-order valence-corrected chi connectivity index (χ1v) is 7.03. The maximum absolute atomic E-state index is 13.5. The largest absolute Gasteiger partial charge is 0.460 e. The first-order chi connectivity index (χ1) is 12.7. The Kier molecular flexibility index (Phi) is 6.19. The lowest BCUT2D eigenvalue weighted by atomic mass is 9.92. The van der Waals surface area contributed by atoms with Crippen molar-refractivity contribution in [2.24, 2.45) is 0 Å². The lowest BCUT2D eigenvalue weighted by Gasteiger charge is -2.39. The number of nitrogens with one attached hydrogen (secondary N) is 1. The molecule has 0 unspecified atom stereocenters. The summed E-state index contributed by atoms with van der Waals surface area (Å²) in [6, 6.07) is 5.79. The van der Waals surface area contributed by atoms with Crippen LogP contribution in [0.1, 0.15) is 6.42 Å². The summed E-state index contributed by atoms with van der Waals surface area (Å²) in [6.45, 7) is 0. The van der Waals surface area contributed by atoms with Crippen LogP contribution >= 0.6 is 0 Å². The maximum Gasteiger partial charge on any atom is 0.460 e. The van der Waals surface area contributed by atoms with Crippen molar-refractivity contribution in [1.29, 1.82) is 0 Å². The Balaban J connectivity index is 3.23. The summed E-state index contributed by atoms with van der Waals surface area (Å²) in [5, 5.41) is 1.50. The van der Waals surface area contributed by atoms with Crippen molar-refractivity contribution < 1.29 is 61.9 Å². The predicted octanol–water partition coefficient (Wildman–Crippen LogP) is 5.75. The van der Waals surface area contributed by atoms with E-state index >= 15 is 0 Å². The number of rotatable bonds is 7. The van der Waals surface area contributed by atoms with Crippen molar-refractivity contribution in [3.8, 4) is 0 Å². The van der Waals surface area contributed by atoms with Crippen molar-refractivity contribution in [2.45, 2.75) is 42.2 Å². The summed E-state index contributed by atoms with van der Waals surface area (Å²) < 4.78 is 168. The molecule has 1 aromatic rings. The van der Waals surface area contributed by atoms with Crippen LogP contribution < -0.4 is 5.32 Å². The van der Waals surface area contributed by atoms with Crippen molar-refractivity contribution >= 4 is 11.6 Å². The van der Waals surface area contributed by atoms with Gasteiger partial charge in [-0.3, -0.25) is 4.79 Å². The Bertz CT molecular complexity index is 727. The van der Waals surface area contributed by atoms with Gasteiger partial charge >= 0.3 is 35.8 Å². The molecule has 0 fully saturated rings. The van der Waals surface area contributed by atoms with Gasteiger partial charge in [0.05, 0.1) is 6.42 Å². The highest BCUT2D eigenvalue weighted by atomic mass is 19.4. The number of para-hydroxylation sites is 1. The van der Waals surface area contributed by atoms with E-state index in [1.807, 2.05) is 0 Å². The van der Waals surface area contributed by atoms with Crippen molar-refractivity contribution in [1.82, 2.24) is 0 Å². The van der Waals surface area contributed by atoms with E-state index in [9.17, 15) is 61.9 Å². The molecule has 0 spiro atoms. The van der Waals surface area contributed by atoms with Crippen molar-refractivity contribution in [2.75, 3.05) is 5.32 Å². The standard InChI is InChI=1S/C14H8F13NO/c15-9(16,6-8(29)28-7-4-2-1-3-5-7)10(17,18)11(19,20)12(21,22)13(23,24)14(25,26)27/h1-5H,6H2,(H,28,29). The zero-order valence-electron chi connectivity index (χ0n) is 13.4. The molecule has 1 N–H and O–H groups in total. The molecule has 1 rings (SSSR count). The molecule has 15 heteroatoms. The van der Waals surface area contributed by atoms with E-state index in [1.54, 1.807) is 0 Å². The first kappa shape index (κ1) is 24.8. The highest BCUT2D eigenvalue weighted by Crippen LogP contribution is 2.60. The molecular formula is C14H8F13NO. The minimum Gasteiger partial charge on any atom is -0.326 e. The number of benzene rings is 1. The molecule has 0 saturated heterocycles. The van der Waals surface area contributed by atoms with Gasteiger partial charge in [-0.15, -0.1) is 0 Å². The van der Waals surface area contributed by atoms with Gasteiger partial charge in [-0.2, -0.15) is 57.1 Å². The molecule has 0 heterocycles. The summed E-state index contributed by atoms with van der Waals surface area (Å²) >= 11 is 0. The van der Waals surface area contributed by atoms with Gasteiger partial charge in [0, 0.05) is 5.69 Å². The summed E-state index contributed by atoms with van der Waals surface area (Å²) in [6.07, 6.45) is -10.4. The number of carbonyl (C=O) groups excluding carboxylic acids is 1. The molecule has 166 valence electrons. The average Bonchev–Trinajstić information content (AvgIpc) is 2.53. The molecule has 2 nitrogen and oxygen atoms in total. The van der Waals surface area contributed by atoms with Crippen LogP contribution in [0.2, 0.25) is 0 Å². The van der Waals surface area contributed by atoms with Gasteiger partial charge in [0.25, 0.3) is 0 Å². The number of hydrogen-bond donors (Lipinski definition) is 1. The number of alkyl halides is 13. The second-order valence-electron chi connectivity index (χ2n) is 5.59. The quantitative estimate of drug-likeness (QED) is 0.524. The van der Waals surface area contributed by atoms with Gasteiger partial charge in [-0.25, -0.2) is 0 Å². The number of amides is 1. The van der Waals surface area contributed by atoms with Crippen LogP contribution in [-0.4, -0.2) is 41.7 Å². The fourth-order valence-electron chi connectivity index (χ4n) is 1.84. The summed E-state index contributed by atoms with van der Waals surface area (Å²) in [5.41, 5.74) is -0.322. The summed E-state index contributed by atoms with van der Waals surface area (Å²) in [7, 11) is 0. The lowest BCUT2D eigenvalue weighted by Crippen LogP contribution is -2.70. The molecule has 1 aromatic carbocycles. The minimum atomic E-state index is -7.99. The van der Waals surface area contributed by atoms with E-state index in [2.05, 4.69) is 0 Å². The number of halogens is 13. The van der Waals surface area contributed by atoms with Crippen LogP contribution in [0.25, 0.3) is 0 Å². The van der Waals surface area contributed by atoms with E-state index in [-0.39, 0.29) is 5.69 Å². The van der Waals surface area contributed by atoms with Gasteiger partial charge < -0.3 is 5.32 Å². The highest BCUT2D eigenvalue weighted by molar-refractivity contribution is 5.91. The van der Waals surface area contributed by atoms with Crippen molar-refractivity contribution in [3.63, 3.8) is 0 Å². The van der Waals surface area contributed by atoms with Crippen LogP contribution in [0.5, 0.6) is 0 Å². The zero-order chi connectivity index (χ0) is 23.1. The Morgan fingerprint density at radius 3 is 1.48 bits per heavy atom. The Morgan fingerprint density at radius 2 is 1.07 bits per heavy atom. The summed E-state index contributed by atoms with van der Waals surface area (Å²) in [5.74, 6) is -39.7. The van der Waals surface area contributed by atoms with Gasteiger partial charge in [0.1, 0.15) is 0 Å². The number of anilines is 1. The Hall–Kier alpha value is -2.22. The SMILES string of the molecule is O=C(CC(F)(F)C(F)(F)C(F)(F)C(F)(F)C(F)(F)C(F)(F)F)Nc1ccccc1. The Labute approximate surface area is 152 Å². The number of hydrogen-bond acceptors (Lipinski definition) is 1. The normalized spacial score (nSPS) is 14.7. The molecule has 0 bridgehead atoms. The highest BCUT2D eigenvalue weighted by Gasteiger charge is 2.90. The minimum absolute atomic E-state index is 0.322. The third-order valence-electron chi connectivity index (χ3n) is 3.44. The van der Waals surface area contributed by atoms with Crippen LogP contribution in [-0.2, 0) is 4.79 Å². The van der Waals surface area contributed by atoms with E-state index in [0.29, 0.717) is 0 Å². The van der Waals surface area contributed by atoms with Gasteiger partial charge in [0.15, 0.2) is 0 Å². The molecule has 0 aliphatic heterocycles. The second kappa shape index (κ2) is 7.23. The zero-order valence-corrected chi connectivity index (χ0v) is 13.4. The molecule has 0 aliphatic carbocycles. The van der Waals surface area contributed by atoms with Crippen LogP contribution in [0, 0.1) is 0 Å². The van der Waals surface area contributed by atoms with Crippen LogP contribution in [0.3, 0.4) is 0 Å². The Morgan fingerprint density at radius 1 is 0.655 bits per heavy atom.